The molecule has 0 bridgehead atoms. The summed E-state index contributed by atoms with van der Waals surface area (Å²) in [6.45, 7) is 0.576. The van der Waals surface area contributed by atoms with Gasteiger partial charge in [0.2, 0.25) is 6.79 Å². The zero-order valence-electron chi connectivity index (χ0n) is 11.4. The summed E-state index contributed by atoms with van der Waals surface area (Å²) in [5.74, 6) is 2.01. The van der Waals surface area contributed by atoms with E-state index in [4.69, 9.17) is 25.8 Å². The monoisotopic (exact) mass is 307 g/mol. The van der Waals surface area contributed by atoms with Crippen LogP contribution in [0.15, 0.2) is 30.3 Å². The molecule has 0 amide bonds. The molecule has 2 aromatic rings. The number of hydrogen-bond acceptors (Lipinski definition) is 5. The normalized spacial score (nSPS) is 12.3. The van der Waals surface area contributed by atoms with Crippen molar-refractivity contribution in [3.05, 3.63) is 40.9 Å². The van der Waals surface area contributed by atoms with E-state index >= 15 is 0 Å². The fourth-order valence-corrected chi connectivity index (χ4v) is 2.30. The van der Waals surface area contributed by atoms with Crippen LogP contribution in [-0.2, 0) is 6.54 Å². The number of hydrogen-bond donors (Lipinski definition) is 2. The highest BCUT2D eigenvalue weighted by atomic mass is 35.5. The van der Waals surface area contributed by atoms with Crippen LogP contribution in [0.3, 0.4) is 0 Å². The molecule has 0 aromatic heterocycles. The number of anilines is 1. The van der Waals surface area contributed by atoms with E-state index in [2.05, 4.69) is 5.32 Å². The molecule has 0 saturated heterocycles. The Balaban J connectivity index is 1.81. The van der Waals surface area contributed by atoms with Gasteiger partial charge in [0.1, 0.15) is 11.5 Å². The summed E-state index contributed by atoms with van der Waals surface area (Å²) in [5.41, 5.74) is 1.45. The van der Waals surface area contributed by atoms with Crippen molar-refractivity contribution < 1.29 is 19.3 Å². The highest BCUT2D eigenvalue weighted by molar-refractivity contribution is 6.30. The molecule has 1 heterocycles. The minimum Gasteiger partial charge on any atom is -0.507 e. The van der Waals surface area contributed by atoms with Crippen molar-refractivity contribution in [3.63, 3.8) is 0 Å². The highest BCUT2D eigenvalue weighted by Crippen LogP contribution is 2.38. The fraction of sp³-hybridized carbons (Fsp3) is 0.200. The minimum absolute atomic E-state index is 0.146. The molecule has 1 aliphatic heterocycles. The number of nitrogens with one attached hydrogen (secondary N) is 1. The Morgan fingerprint density at radius 3 is 2.76 bits per heavy atom. The molecule has 5 nitrogen and oxygen atoms in total. The molecule has 0 radical (unpaired) electrons. The van der Waals surface area contributed by atoms with E-state index in [1.807, 2.05) is 0 Å². The summed E-state index contributed by atoms with van der Waals surface area (Å²) in [6.07, 6.45) is 0. The molecule has 110 valence electrons. The third kappa shape index (κ3) is 2.78. The first-order valence-electron chi connectivity index (χ1n) is 6.36. The Bertz CT molecular complexity index is 675. The van der Waals surface area contributed by atoms with Crippen LogP contribution in [0.25, 0.3) is 0 Å². The lowest BCUT2D eigenvalue weighted by atomic mass is 10.1. The van der Waals surface area contributed by atoms with Crippen LogP contribution in [0.1, 0.15) is 5.56 Å². The van der Waals surface area contributed by atoms with Gasteiger partial charge in [-0.15, -0.1) is 0 Å². The van der Waals surface area contributed by atoms with Crippen LogP contribution in [0.4, 0.5) is 5.69 Å². The Hall–Kier alpha value is -2.27. The zero-order valence-corrected chi connectivity index (χ0v) is 12.1. The van der Waals surface area contributed by atoms with Crippen LogP contribution in [-0.4, -0.2) is 19.0 Å². The topological polar surface area (TPSA) is 60.0 Å². The number of phenols is 1. The number of ether oxygens (including phenoxy) is 3. The molecule has 0 unspecified atom stereocenters. The van der Waals surface area contributed by atoms with Gasteiger partial charge in [-0.1, -0.05) is 11.6 Å². The smallest absolute Gasteiger partial charge is 0.231 e. The fourth-order valence-electron chi connectivity index (χ4n) is 2.12. The van der Waals surface area contributed by atoms with Crippen molar-refractivity contribution in [1.82, 2.24) is 0 Å². The zero-order chi connectivity index (χ0) is 14.8. The van der Waals surface area contributed by atoms with Gasteiger partial charge in [0.05, 0.1) is 12.8 Å². The maximum Gasteiger partial charge on any atom is 0.231 e. The molecular formula is C15H14ClNO4. The van der Waals surface area contributed by atoms with Gasteiger partial charge in [0.25, 0.3) is 0 Å². The summed E-state index contributed by atoms with van der Waals surface area (Å²) >= 11 is 5.98. The summed E-state index contributed by atoms with van der Waals surface area (Å²) in [6, 6.07) is 8.61. The van der Waals surface area contributed by atoms with Crippen LogP contribution in [0.5, 0.6) is 23.0 Å². The molecule has 0 atom stereocenters. The molecule has 0 spiro atoms. The first kappa shape index (κ1) is 13.7. The Kier molecular flexibility index (Phi) is 3.66. The van der Waals surface area contributed by atoms with E-state index in [1.165, 1.54) is 0 Å². The predicted octanol–water partition coefficient (Wildman–Crippen LogP) is 3.40. The number of halogens is 1. The summed E-state index contributed by atoms with van der Waals surface area (Å²) in [7, 11) is 1.59. The molecular weight excluding hydrogens is 294 g/mol. The lowest BCUT2D eigenvalue weighted by Gasteiger charge is -2.12. The minimum atomic E-state index is 0.146. The second-order valence-corrected chi connectivity index (χ2v) is 4.97. The van der Waals surface area contributed by atoms with E-state index in [1.54, 1.807) is 37.4 Å². The lowest BCUT2D eigenvalue weighted by Crippen LogP contribution is -2.02. The number of benzene rings is 2. The lowest BCUT2D eigenvalue weighted by molar-refractivity contribution is 0.174. The number of phenolic OH excluding ortho intramolecular Hbond substituents is 1. The number of aromatic hydroxyl groups is 1. The van der Waals surface area contributed by atoms with Crippen molar-refractivity contribution in [1.29, 1.82) is 0 Å². The number of methoxy groups -OCH3 is 1. The van der Waals surface area contributed by atoms with Gasteiger partial charge >= 0.3 is 0 Å². The SMILES string of the molecule is COc1ccc(Cl)cc1NCc1cc2c(cc1O)OCO2. The quantitative estimate of drug-likeness (QED) is 0.906. The van der Waals surface area contributed by atoms with Gasteiger partial charge in [-0.25, -0.2) is 0 Å². The van der Waals surface area contributed by atoms with Gasteiger partial charge in [0.15, 0.2) is 11.5 Å². The molecule has 3 rings (SSSR count). The molecule has 0 saturated carbocycles. The van der Waals surface area contributed by atoms with Crippen molar-refractivity contribution >= 4 is 17.3 Å². The van der Waals surface area contributed by atoms with E-state index in [0.717, 1.165) is 5.69 Å². The van der Waals surface area contributed by atoms with E-state index in [-0.39, 0.29) is 12.5 Å². The van der Waals surface area contributed by atoms with E-state index in [9.17, 15) is 5.11 Å². The Morgan fingerprint density at radius 1 is 1.24 bits per heavy atom. The average molecular weight is 308 g/mol. The molecule has 0 fully saturated rings. The maximum absolute atomic E-state index is 10.0. The molecule has 21 heavy (non-hydrogen) atoms. The molecule has 1 aliphatic rings. The summed E-state index contributed by atoms with van der Waals surface area (Å²) in [5, 5.41) is 13.8. The summed E-state index contributed by atoms with van der Waals surface area (Å²) < 4.78 is 15.8. The van der Waals surface area contributed by atoms with Gasteiger partial charge in [-0.2, -0.15) is 0 Å². The molecule has 6 heteroatoms. The van der Waals surface area contributed by atoms with Crippen molar-refractivity contribution in [2.75, 3.05) is 19.2 Å². The second-order valence-electron chi connectivity index (χ2n) is 4.53. The van der Waals surface area contributed by atoms with Crippen molar-refractivity contribution in [3.8, 4) is 23.0 Å². The van der Waals surface area contributed by atoms with Gasteiger partial charge in [0, 0.05) is 23.2 Å². The van der Waals surface area contributed by atoms with Crippen LogP contribution >= 0.6 is 11.6 Å². The Morgan fingerprint density at radius 2 is 2.00 bits per heavy atom. The first-order valence-corrected chi connectivity index (χ1v) is 6.74. The molecule has 0 aliphatic carbocycles. The third-order valence-electron chi connectivity index (χ3n) is 3.20. The molecule has 2 aromatic carbocycles. The van der Waals surface area contributed by atoms with Gasteiger partial charge in [-0.3, -0.25) is 0 Å². The van der Waals surface area contributed by atoms with Gasteiger partial charge < -0.3 is 24.6 Å². The van der Waals surface area contributed by atoms with Crippen molar-refractivity contribution in [2.45, 2.75) is 6.54 Å². The van der Waals surface area contributed by atoms with Crippen LogP contribution in [0, 0.1) is 0 Å². The van der Waals surface area contributed by atoms with Crippen LogP contribution < -0.4 is 19.5 Å². The maximum atomic E-state index is 10.0. The molecule has 2 N–H and O–H groups in total. The number of rotatable bonds is 4. The van der Waals surface area contributed by atoms with Crippen molar-refractivity contribution in [2.24, 2.45) is 0 Å². The Labute approximate surface area is 127 Å². The second kappa shape index (κ2) is 5.61. The predicted molar refractivity (Wildman–Crippen MR) is 79.6 cm³/mol. The number of fused-ring (bicyclic) bond motifs is 1. The largest absolute Gasteiger partial charge is 0.507 e. The van der Waals surface area contributed by atoms with Crippen LogP contribution in [0.2, 0.25) is 5.02 Å². The summed E-state index contributed by atoms with van der Waals surface area (Å²) in [4.78, 5) is 0. The standard InChI is InChI=1S/C15H14ClNO4/c1-19-13-3-2-10(16)5-11(13)17-7-9-4-14-15(6-12(9)18)21-8-20-14/h2-6,17-18H,7-8H2,1H3. The average Bonchev–Trinajstić information content (AvgIpc) is 2.92. The van der Waals surface area contributed by atoms with Gasteiger partial charge in [-0.05, 0) is 24.3 Å². The highest BCUT2D eigenvalue weighted by Gasteiger charge is 2.17. The van der Waals surface area contributed by atoms with E-state index in [0.29, 0.717) is 34.4 Å². The van der Waals surface area contributed by atoms with E-state index < -0.39 is 0 Å². The first-order chi connectivity index (χ1) is 10.2. The third-order valence-corrected chi connectivity index (χ3v) is 3.44.